The van der Waals surface area contributed by atoms with Gasteiger partial charge in [0.2, 0.25) is 0 Å². The molecule has 0 aromatic heterocycles. The topological polar surface area (TPSA) is 53.1 Å². The Morgan fingerprint density at radius 3 is 2.85 bits per heavy atom. The van der Waals surface area contributed by atoms with Crippen LogP contribution in [0.3, 0.4) is 0 Å². The Kier molecular flexibility index (Phi) is 5.18. The van der Waals surface area contributed by atoms with Crippen molar-refractivity contribution in [1.29, 1.82) is 5.41 Å². The number of amidine groups is 1. The summed E-state index contributed by atoms with van der Waals surface area (Å²) in [5.41, 5.74) is 9.00. The number of rotatable bonds is 5. The third kappa shape index (κ3) is 3.60. The fourth-order valence-corrected chi connectivity index (χ4v) is 3.19. The molecule has 0 spiro atoms. The van der Waals surface area contributed by atoms with Gasteiger partial charge >= 0.3 is 0 Å². The first-order valence-electron chi connectivity index (χ1n) is 7.79. The molecule has 1 aliphatic heterocycles. The first-order valence-corrected chi connectivity index (χ1v) is 7.79. The van der Waals surface area contributed by atoms with Gasteiger partial charge in [0.25, 0.3) is 0 Å². The molecule has 3 heteroatoms. The lowest BCUT2D eigenvalue weighted by atomic mass is 9.96. The van der Waals surface area contributed by atoms with Gasteiger partial charge in [-0.25, -0.2) is 0 Å². The molecular weight excluding hydrogens is 246 g/mol. The second-order valence-corrected chi connectivity index (χ2v) is 5.96. The minimum Gasteiger partial charge on any atom is -0.384 e. The number of hydrogen-bond donors (Lipinski definition) is 2. The molecule has 1 heterocycles. The van der Waals surface area contributed by atoms with E-state index >= 15 is 0 Å². The van der Waals surface area contributed by atoms with E-state index in [-0.39, 0.29) is 5.84 Å². The Morgan fingerprint density at radius 1 is 1.40 bits per heavy atom. The number of benzene rings is 1. The lowest BCUT2D eigenvalue weighted by Crippen LogP contribution is -2.38. The lowest BCUT2D eigenvalue weighted by Gasteiger charge is -2.36. The van der Waals surface area contributed by atoms with Crippen LogP contribution in [-0.4, -0.2) is 23.3 Å². The van der Waals surface area contributed by atoms with Gasteiger partial charge in [-0.2, -0.15) is 0 Å². The number of piperidine rings is 1. The average Bonchev–Trinajstić information content (AvgIpc) is 2.43. The first kappa shape index (κ1) is 15.0. The summed E-state index contributed by atoms with van der Waals surface area (Å²) < 4.78 is 0. The summed E-state index contributed by atoms with van der Waals surface area (Å²) in [6.07, 6.45) is 6.63. The van der Waals surface area contributed by atoms with E-state index in [0.717, 1.165) is 18.2 Å². The SMILES string of the molecule is CCCC1CCCCN1Cc1ccc(C(=N)N)cc1C. The van der Waals surface area contributed by atoms with E-state index in [4.69, 9.17) is 11.1 Å². The van der Waals surface area contributed by atoms with Crippen LogP contribution < -0.4 is 5.73 Å². The van der Waals surface area contributed by atoms with Crippen LogP contribution in [0.25, 0.3) is 0 Å². The van der Waals surface area contributed by atoms with Gasteiger partial charge in [-0.3, -0.25) is 10.3 Å². The number of nitrogens with zero attached hydrogens (tertiary/aromatic N) is 1. The van der Waals surface area contributed by atoms with E-state index in [1.165, 1.54) is 49.8 Å². The van der Waals surface area contributed by atoms with E-state index in [2.05, 4.69) is 24.8 Å². The number of aryl methyl sites for hydroxylation is 1. The van der Waals surface area contributed by atoms with Crippen LogP contribution in [0.5, 0.6) is 0 Å². The molecule has 1 atom stereocenters. The van der Waals surface area contributed by atoms with Crippen molar-refractivity contribution in [2.45, 2.75) is 58.5 Å². The van der Waals surface area contributed by atoms with Gasteiger partial charge in [-0.05, 0) is 49.9 Å². The summed E-state index contributed by atoms with van der Waals surface area (Å²) in [6, 6.07) is 6.91. The zero-order chi connectivity index (χ0) is 14.5. The maximum Gasteiger partial charge on any atom is 0.122 e. The first-order chi connectivity index (χ1) is 9.61. The predicted octanol–water partition coefficient (Wildman–Crippen LogP) is 3.43. The third-order valence-corrected chi connectivity index (χ3v) is 4.40. The minimum absolute atomic E-state index is 0.154. The Hall–Kier alpha value is -1.35. The van der Waals surface area contributed by atoms with Gasteiger partial charge in [-0.15, -0.1) is 0 Å². The maximum absolute atomic E-state index is 7.51. The zero-order valence-corrected chi connectivity index (χ0v) is 12.8. The van der Waals surface area contributed by atoms with E-state index < -0.39 is 0 Å². The summed E-state index contributed by atoms with van der Waals surface area (Å²) >= 11 is 0. The van der Waals surface area contributed by atoms with Gasteiger partial charge in [-0.1, -0.05) is 31.9 Å². The van der Waals surface area contributed by atoms with Crippen molar-refractivity contribution >= 4 is 5.84 Å². The molecule has 0 aliphatic carbocycles. The Labute approximate surface area is 122 Å². The van der Waals surface area contributed by atoms with Gasteiger partial charge in [0.1, 0.15) is 5.84 Å². The highest BCUT2D eigenvalue weighted by Crippen LogP contribution is 2.24. The van der Waals surface area contributed by atoms with E-state index in [9.17, 15) is 0 Å². The maximum atomic E-state index is 7.51. The minimum atomic E-state index is 0.154. The van der Waals surface area contributed by atoms with E-state index in [1.807, 2.05) is 12.1 Å². The van der Waals surface area contributed by atoms with Gasteiger partial charge < -0.3 is 5.73 Å². The van der Waals surface area contributed by atoms with Crippen molar-refractivity contribution in [3.05, 3.63) is 34.9 Å². The predicted molar refractivity (Wildman–Crippen MR) is 85.2 cm³/mol. The molecule has 1 aromatic rings. The number of nitrogens with two attached hydrogens (primary N) is 1. The van der Waals surface area contributed by atoms with Crippen LogP contribution in [0.2, 0.25) is 0 Å². The highest BCUT2D eigenvalue weighted by molar-refractivity contribution is 5.95. The van der Waals surface area contributed by atoms with Crippen molar-refractivity contribution < 1.29 is 0 Å². The number of likely N-dealkylation sites (tertiary alicyclic amines) is 1. The van der Waals surface area contributed by atoms with Crippen LogP contribution in [-0.2, 0) is 6.54 Å². The standard InChI is InChI=1S/C17H27N3/c1-3-6-16-7-4-5-10-20(16)12-15-9-8-14(17(18)19)11-13(15)2/h8-9,11,16H,3-7,10,12H2,1-2H3,(H3,18,19). The van der Waals surface area contributed by atoms with E-state index in [1.54, 1.807) is 0 Å². The van der Waals surface area contributed by atoms with Crippen molar-refractivity contribution in [2.75, 3.05) is 6.54 Å². The molecule has 110 valence electrons. The summed E-state index contributed by atoms with van der Waals surface area (Å²) in [4.78, 5) is 2.64. The molecule has 0 saturated carbocycles. The van der Waals surface area contributed by atoms with Crippen LogP contribution in [0.4, 0.5) is 0 Å². The zero-order valence-electron chi connectivity index (χ0n) is 12.8. The van der Waals surface area contributed by atoms with Crippen LogP contribution >= 0.6 is 0 Å². The van der Waals surface area contributed by atoms with Gasteiger partial charge in [0, 0.05) is 18.2 Å². The second-order valence-electron chi connectivity index (χ2n) is 5.96. The molecule has 3 nitrogen and oxygen atoms in total. The van der Waals surface area contributed by atoms with Crippen LogP contribution in [0.1, 0.15) is 55.7 Å². The summed E-state index contributed by atoms with van der Waals surface area (Å²) in [6.45, 7) is 6.66. The Bertz CT molecular complexity index is 465. The van der Waals surface area contributed by atoms with Gasteiger partial charge in [0.15, 0.2) is 0 Å². The molecule has 20 heavy (non-hydrogen) atoms. The lowest BCUT2D eigenvalue weighted by molar-refractivity contribution is 0.131. The van der Waals surface area contributed by atoms with Crippen molar-refractivity contribution in [1.82, 2.24) is 4.90 Å². The fourth-order valence-electron chi connectivity index (χ4n) is 3.19. The molecule has 0 amide bonds. The normalized spacial score (nSPS) is 20.0. The van der Waals surface area contributed by atoms with Crippen molar-refractivity contribution in [3.8, 4) is 0 Å². The monoisotopic (exact) mass is 273 g/mol. The quantitative estimate of drug-likeness (QED) is 0.638. The molecule has 2 rings (SSSR count). The molecule has 1 aromatic carbocycles. The molecule has 0 bridgehead atoms. The molecule has 1 saturated heterocycles. The second kappa shape index (κ2) is 6.89. The molecule has 1 fully saturated rings. The number of nitrogen functional groups attached to an aromatic ring is 1. The highest BCUT2D eigenvalue weighted by Gasteiger charge is 2.21. The summed E-state index contributed by atoms with van der Waals surface area (Å²) in [5.74, 6) is 0.154. The third-order valence-electron chi connectivity index (χ3n) is 4.40. The molecule has 1 aliphatic rings. The van der Waals surface area contributed by atoms with Gasteiger partial charge in [0.05, 0.1) is 0 Å². The fraction of sp³-hybridized carbons (Fsp3) is 0.588. The molecular formula is C17H27N3. The van der Waals surface area contributed by atoms with Crippen LogP contribution in [0.15, 0.2) is 18.2 Å². The molecule has 3 N–H and O–H groups in total. The van der Waals surface area contributed by atoms with Crippen LogP contribution in [0, 0.1) is 12.3 Å². The molecule has 0 radical (unpaired) electrons. The largest absolute Gasteiger partial charge is 0.384 e. The average molecular weight is 273 g/mol. The van der Waals surface area contributed by atoms with Crippen molar-refractivity contribution in [2.24, 2.45) is 5.73 Å². The summed E-state index contributed by atoms with van der Waals surface area (Å²) in [5, 5.41) is 7.51. The van der Waals surface area contributed by atoms with Crippen molar-refractivity contribution in [3.63, 3.8) is 0 Å². The van der Waals surface area contributed by atoms with E-state index in [0.29, 0.717) is 0 Å². The number of hydrogen-bond acceptors (Lipinski definition) is 2. The Balaban J connectivity index is 2.09. The highest BCUT2D eigenvalue weighted by atomic mass is 15.2. The Morgan fingerprint density at radius 2 is 2.20 bits per heavy atom. The smallest absolute Gasteiger partial charge is 0.122 e. The molecule has 1 unspecified atom stereocenters. The summed E-state index contributed by atoms with van der Waals surface area (Å²) in [7, 11) is 0. The number of nitrogens with one attached hydrogen (secondary N) is 1.